The van der Waals surface area contributed by atoms with Gasteiger partial charge in [-0.1, -0.05) is 49.6 Å². The Kier molecular flexibility index (Phi) is 5.92. The molecule has 116 valence electrons. The Morgan fingerprint density at radius 2 is 1.76 bits per heavy atom. The number of ether oxygens (including phenoxy) is 1. The van der Waals surface area contributed by atoms with Crippen molar-refractivity contribution in [2.45, 2.75) is 58.4 Å². The quantitative estimate of drug-likeness (QED) is 0.512. The van der Waals surface area contributed by atoms with Crippen LogP contribution in [-0.2, 0) is 15.8 Å². The van der Waals surface area contributed by atoms with Gasteiger partial charge in [-0.25, -0.2) is 0 Å². The summed E-state index contributed by atoms with van der Waals surface area (Å²) in [5.74, 6) is 1.38. The molecular formula is C18H28O2Si. The van der Waals surface area contributed by atoms with Crippen LogP contribution in [0.1, 0.15) is 37.7 Å². The van der Waals surface area contributed by atoms with E-state index in [2.05, 4.69) is 37.8 Å². The molecule has 1 fully saturated rings. The van der Waals surface area contributed by atoms with Gasteiger partial charge in [-0.05, 0) is 50.0 Å². The largest absolute Gasteiger partial charge is 0.520 e. The minimum atomic E-state index is -1.64. The molecule has 0 atom stereocenters. The smallest absolute Gasteiger partial charge is 0.261 e. The molecule has 1 aliphatic rings. The van der Waals surface area contributed by atoms with Crippen LogP contribution in [0, 0.1) is 5.92 Å². The number of allylic oxidation sites excluding steroid dienone is 1. The molecule has 0 spiro atoms. The zero-order chi connectivity index (χ0) is 15.1. The summed E-state index contributed by atoms with van der Waals surface area (Å²) in [6.45, 7) is 7.19. The first-order valence-electron chi connectivity index (χ1n) is 8.10. The van der Waals surface area contributed by atoms with Crippen molar-refractivity contribution in [2.24, 2.45) is 5.92 Å². The molecule has 0 aliphatic heterocycles. The Morgan fingerprint density at radius 1 is 1.10 bits per heavy atom. The average molecular weight is 305 g/mol. The molecule has 3 heteroatoms. The summed E-state index contributed by atoms with van der Waals surface area (Å²) in [5, 5.41) is 0. The van der Waals surface area contributed by atoms with E-state index in [9.17, 15) is 0 Å². The van der Waals surface area contributed by atoms with Gasteiger partial charge in [0.1, 0.15) is 6.61 Å². The molecule has 2 rings (SSSR count). The monoisotopic (exact) mass is 304 g/mol. The predicted molar refractivity (Wildman–Crippen MR) is 90.3 cm³/mol. The molecule has 0 amide bonds. The van der Waals surface area contributed by atoms with Crippen molar-refractivity contribution in [3.63, 3.8) is 0 Å². The first-order valence-corrected chi connectivity index (χ1v) is 11.5. The van der Waals surface area contributed by atoms with Gasteiger partial charge in [-0.15, -0.1) is 0 Å². The summed E-state index contributed by atoms with van der Waals surface area (Å²) < 4.78 is 12.1. The molecular weight excluding hydrogens is 276 g/mol. The minimum Gasteiger partial charge on any atom is -0.520 e. The lowest BCUT2D eigenvalue weighted by Crippen LogP contribution is -2.26. The van der Waals surface area contributed by atoms with Gasteiger partial charge >= 0.3 is 0 Å². The van der Waals surface area contributed by atoms with Crippen LogP contribution in [0.15, 0.2) is 42.4 Å². The maximum absolute atomic E-state index is 6.14. The summed E-state index contributed by atoms with van der Waals surface area (Å²) in [7, 11) is -1.64. The normalized spacial score (nSPS) is 17.6. The summed E-state index contributed by atoms with van der Waals surface area (Å²) in [6, 6.07) is 10.3. The van der Waals surface area contributed by atoms with Crippen LogP contribution in [0.2, 0.25) is 19.6 Å². The Bertz CT molecular complexity index is 442. The summed E-state index contributed by atoms with van der Waals surface area (Å²) in [5.41, 5.74) is 1.19. The molecule has 1 aromatic carbocycles. The molecule has 2 nitrogen and oxygen atoms in total. The van der Waals surface area contributed by atoms with Gasteiger partial charge < -0.3 is 9.16 Å². The van der Waals surface area contributed by atoms with Gasteiger partial charge in [0, 0.05) is 0 Å². The third-order valence-corrected chi connectivity index (χ3v) is 4.47. The minimum absolute atomic E-state index is 0.587. The second-order valence-electron chi connectivity index (χ2n) is 6.87. The highest BCUT2D eigenvalue weighted by molar-refractivity contribution is 6.69. The maximum atomic E-state index is 6.14. The summed E-state index contributed by atoms with van der Waals surface area (Å²) in [4.78, 5) is 0. The fourth-order valence-corrected chi connectivity index (χ4v) is 3.37. The van der Waals surface area contributed by atoms with E-state index < -0.39 is 8.32 Å². The van der Waals surface area contributed by atoms with Crippen molar-refractivity contribution in [1.29, 1.82) is 0 Å². The fourth-order valence-electron chi connectivity index (χ4n) is 2.64. The van der Waals surface area contributed by atoms with Crippen LogP contribution < -0.4 is 0 Å². The fraction of sp³-hybridized carbons (Fsp3) is 0.556. The second-order valence-corrected chi connectivity index (χ2v) is 11.3. The van der Waals surface area contributed by atoms with Crippen molar-refractivity contribution >= 4 is 8.32 Å². The van der Waals surface area contributed by atoms with Crippen LogP contribution in [0.25, 0.3) is 0 Å². The lowest BCUT2D eigenvalue weighted by molar-refractivity contribution is 0.0881. The molecule has 1 saturated carbocycles. The van der Waals surface area contributed by atoms with E-state index in [0.717, 1.165) is 5.95 Å². The lowest BCUT2D eigenvalue weighted by Gasteiger charge is -2.24. The Labute approximate surface area is 130 Å². The van der Waals surface area contributed by atoms with Gasteiger partial charge in [0.25, 0.3) is 5.95 Å². The van der Waals surface area contributed by atoms with Crippen molar-refractivity contribution in [3.8, 4) is 0 Å². The standard InChI is InChI=1S/C18H28O2Si/c1-21(2,3)20-18(14-16-10-6-4-7-11-16)19-15-17-12-8-5-9-13-17/h5,8-9,12-14,16H,4,6-7,10-11,15H2,1-3H3. The van der Waals surface area contributed by atoms with Crippen LogP contribution in [0.3, 0.4) is 0 Å². The average Bonchev–Trinajstić information content (AvgIpc) is 2.45. The molecule has 0 bridgehead atoms. The van der Waals surface area contributed by atoms with Gasteiger partial charge in [0.05, 0.1) is 0 Å². The second kappa shape index (κ2) is 7.69. The number of rotatable bonds is 6. The molecule has 0 heterocycles. The highest BCUT2D eigenvalue weighted by Gasteiger charge is 2.21. The first-order chi connectivity index (χ1) is 10.0. The Balaban J connectivity index is 1.99. The van der Waals surface area contributed by atoms with Crippen molar-refractivity contribution in [1.82, 2.24) is 0 Å². The predicted octanol–water partition coefficient (Wildman–Crippen LogP) is 5.48. The Hall–Kier alpha value is -1.22. The van der Waals surface area contributed by atoms with Gasteiger partial charge in [0.15, 0.2) is 0 Å². The summed E-state index contributed by atoms with van der Waals surface area (Å²) in [6.07, 6.45) is 8.82. The Morgan fingerprint density at radius 3 is 2.38 bits per heavy atom. The number of hydrogen-bond acceptors (Lipinski definition) is 2. The van der Waals surface area contributed by atoms with E-state index in [-0.39, 0.29) is 0 Å². The van der Waals surface area contributed by atoms with Crippen molar-refractivity contribution in [3.05, 3.63) is 47.9 Å². The van der Waals surface area contributed by atoms with Crippen LogP contribution in [-0.4, -0.2) is 8.32 Å². The number of benzene rings is 1. The van der Waals surface area contributed by atoms with E-state index >= 15 is 0 Å². The summed E-state index contributed by atoms with van der Waals surface area (Å²) >= 11 is 0. The molecule has 0 unspecified atom stereocenters. The third kappa shape index (κ3) is 6.38. The molecule has 0 aromatic heterocycles. The number of hydrogen-bond donors (Lipinski definition) is 0. The van der Waals surface area contributed by atoms with Crippen LogP contribution >= 0.6 is 0 Å². The van der Waals surface area contributed by atoms with E-state index in [0.29, 0.717) is 12.5 Å². The van der Waals surface area contributed by atoms with Crippen molar-refractivity contribution < 1.29 is 9.16 Å². The lowest BCUT2D eigenvalue weighted by atomic mass is 9.89. The topological polar surface area (TPSA) is 18.5 Å². The van der Waals surface area contributed by atoms with E-state index in [1.807, 2.05) is 18.2 Å². The van der Waals surface area contributed by atoms with Gasteiger partial charge in [0.2, 0.25) is 8.32 Å². The van der Waals surface area contributed by atoms with E-state index in [4.69, 9.17) is 9.16 Å². The van der Waals surface area contributed by atoms with Crippen LogP contribution in [0.5, 0.6) is 0 Å². The zero-order valence-corrected chi connectivity index (χ0v) is 14.6. The van der Waals surface area contributed by atoms with Crippen LogP contribution in [0.4, 0.5) is 0 Å². The third-order valence-electron chi connectivity index (χ3n) is 3.65. The molecule has 1 aromatic rings. The highest BCUT2D eigenvalue weighted by Crippen LogP contribution is 2.27. The van der Waals surface area contributed by atoms with E-state index in [1.165, 1.54) is 37.7 Å². The van der Waals surface area contributed by atoms with E-state index in [1.54, 1.807) is 0 Å². The zero-order valence-electron chi connectivity index (χ0n) is 13.6. The van der Waals surface area contributed by atoms with Gasteiger partial charge in [-0.2, -0.15) is 0 Å². The van der Waals surface area contributed by atoms with Crippen molar-refractivity contribution in [2.75, 3.05) is 0 Å². The molecule has 0 saturated heterocycles. The highest BCUT2D eigenvalue weighted by atomic mass is 28.4. The molecule has 0 N–H and O–H groups in total. The SMILES string of the molecule is C[Si](C)(C)OC(=CC1CCCCC1)OCc1ccccc1. The first kappa shape index (κ1) is 16.2. The maximum Gasteiger partial charge on any atom is 0.261 e. The molecule has 21 heavy (non-hydrogen) atoms. The molecule has 1 aliphatic carbocycles. The molecule has 0 radical (unpaired) electrons. The van der Waals surface area contributed by atoms with Gasteiger partial charge in [-0.3, -0.25) is 0 Å².